The second kappa shape index (κ2) is 8.66. The molecule has 3 rings (SSSR count). The van der Waals surface area contributed by atoms with E-state index in [-0.39, 0.29) is 0 Å². The van der Waals surface area contributed by atoms with Crippen LogP contribution in [0.2, 0.25) is 0 Å². The third-order valence-corrected chi connectivity index (χ3v) is 7.50. The van der Waals surface area contributed by atoms with E-state index in [2.05, 4.69) is 38.2 Å². The summed E-state index contributed by atoms with van der Waals surface area (Å²) in [6.45, 7) is 10.4. The van der Waals surface area contributed by atoms with E-state index in [9.17, 15) is 5.11 Å². The first kappa shape index (κ1) is 20.9. The van der Waals surface area contributed by atoms with Crippen LogP contribution in [0.1, 0.15) is 79.1 Å². The smallest absolute Gasteiger partial charge is 0.0721 e. The van der Waals surface area contributed by atoms with Gasteiger partial charge in [-0.25, -0.2) is 0 Å². The molecule has 2 fully saturated rings. The monoisotopic (exact) mass is 372 g/mol. The molecule has 1 heterocycles. The molecule has 0 aromatic carbocycles. The minimum atomic E-state index is -0.520. The highest BCUT2D eigenvalue weighted by Gasteiger charge is 2.50. The molecular weight excluding hydrogens is 332 g/mol. The zero-order valence-electron chi connectivity index (χ0n) is 18.0. The minimum absolute atomic E-state index is 0.468. The number of hydrogen-bond donors (Lipinski definition) is 1. The molecule has 2 nitrogen and oxygen atoms in total. The normalized spacial score (nSPS) is 35.6. The lowest BCUT2D eigenvalue weighted by Crippen LogP contribution is -2.36. The zero-order valence-corrected chi connectivity index (χ0v) is 18.0. The van der Waals surface area contributed by atoms with Gasteiger partial charge in [-0.3, -0.25) is 0 Å². The number of aliphatic hydroxyl groups is 1. The van der Waals surface area contributed by atoms with Gasteiger partial charge in [0.15, 0.2) is 0 Å². The average Bonchev–Trinajstić information content (AvgIpc) is 2.97. The molecule has 0 bridgehead atoms. The number of fused-ring (bicyclic) bond motifs is 1. The van der Waals surface area contributed by atoms with Crippen molar-refractivity contribution in [3.05, 3.63) is 35.5 Å². The Morgan fingerprint density at radius 1 is 1.33 bits per heavy atom. The van der Waals surface area contributed by atoms with Crippen molar-refractivity contribution in [3.8, 4) is 0 Å². The Morgan fingerprint density at radius 2 is 2.15 bits per heavy atom. The maximum atomic E-state index is 10.0. The summed E-state index contributed by atoms with van der Waals surface area (Å²) in [5.41, 5.74) is 2.93. The van der Waals surface area contributed by atoms with Crippen LogP contribution >= 0.6 is 0 Å². The van der Waals surface area contributed by atoms with Crippen molar-refractivity contribution in [1.29, 1.82) is 0 Å². The van der Waals surface area contributed by atoms with Crippen LogP contribution in [0.4, 0.5) is 0 Å². The fourth-order valence-corrected chi connectivity index (χ4v) is 6.08. The Kier molecular flexibility index (Phi) is 6.69. The Balaban J connectivity index is 1.66. The maximum Gasteiger partial charge on any atom is 0.0721 e. The third-order valence-electron chi connectivity index (χ3n) is 7.50. The molecular formula is C25H40O2. The fourth-order valence-electron chi connectivity index (χ4n) is 6.08. The summed E-state index contributed by atoms with van der Waals surface area (Å²) in [6, 6.07) is 0. The fraction of sp³-hybridized carbons (Fsp3) is 0.760. The second-order valence-electron chi connectivity index (χ2n) is 10.2. The van der Waals surface area contributed by atoms with Crippen LogP contribution in [-0.2, 0) is 4.74 Å². The summed E-state index contributed by atoms with van der Waals surface area (Å²) in [5.74, 6) is 2.35. The van der Waals surface area contributed by atoms with E-state index in [0.29, 0.717) is 5.41 Å². The highest BCUT2D eigenvalue weighted by molar-refractivity contribution is 5.30. The molecule has 1 aliphatic heterocycles. The lowest BCUT2D eigenvalue weighted by molar-refractivity contribution is 0.0597. The van der Waals surface area contributed by atoms with Crippen molar-refractivity contribution >= 4 is 0 Å². The maximum absolute atomic E-state index is 10.0. The van der Waals surface area contributed by atoms with Gasteiger partial charge in [-0.2, -0.15) is 0 Å². The summed E-state index contributed by atoms with van der Waals surface area (Å²) in [6.07, 6.45) is 19.1. The Labute approximate surface area is 166 Å². The average molecular weight is 373 g/mol. The van der Waals surface area contributed by atoms with Gasteiger partial charge in [0.2, 0.25) is 0 Å². The van der Waals surface area contributed by atoms with E-state index in [4.69, 9.17) is 4.74 Å². The van der Waals surface area contributed by atoms with Gasteiger partial charge < -0.3 is 9.84 Å². The van der Waals surface area contributed by atoms with Crippen LogP contribution in [-0.4, -0.2) is 23.9 Å². The first-order valence-electron chi connectivity index (χ1n) is 11.2. The molecule has 27 heavy (non-hydrogen) atoms. The highest BCUT2D eigenvalue weighted by Crippen LogP contribution is 2.59. The van der Waals surface area contributed by atoms with Gasteiger partial charge in [0.05, 0.1) is 18.8 Å². The molecule has 0 spiro atoms. The van der Waals surface area contributed by atoms with E-state index in [1.165, 1.54) is 44.1 Å². The highest BCUT2D eigenvalue weighted by atomic mass is 16.5. The number of allylic oxidation sites excluding steroid dienone is 3. The molecule has 2 heteroatoms. The molecule has 2 aliphatic carbocycles. The first-order chi connectivity index (χ1) is 12.8. The number of rotatable bonds is 6. The summed E-state index contributed by atoms with van der Waals surface area (Å²) in [4.78, 5) is 0. The quantitative estimate of drug-likeness (QED) is 0.600. The van der Waals surface area contributed by atoms with Crippen LogP contribution in [0.15, 0.2) is 35.5 Å². The molecule has 0 saturated heterocycles. The summed E-state index contributed by atoms with van der Waals surface area (Å²) in [7, 11) is 0. The zero-order chi connectivity index (χ0) is 19.5. The van der Waals surface area contributed by atoms with Crippen LogP contribution in [0, 0.1) is 23.2 Å². The van der Waals surface area contributed by atoms with Crippen molar-refractivity contribution in [2.75, 3.05) is 13.2 Å². The molecule has 0 radical (unpaired) electrons. The van der Waals surface area contributed by atoms with Gasteiger partial charge in [0, 0.05) is 0 Å². The second-order valence-corrected chi connectivity index (χ2v) is 10.2. The molecule has 1 N–H and O–H groups in total. The molecule has 152 valence electrons. The molecule has 0 aromatic rings. The van der Waals surface area contributed by atoms with Crippen LogP contribution < -0.4 is 0 Å². The predicted molar refractivity (Wildman–Crippen MR) is 114 cm³/mol. The molecule has 0 unspecified atom stereocenters. The van der Waals surface area contributed by atoms with E-state index < -0.39 is 5.60 Å². The predicted octanol–water partition coefficient (Wildman–Crippen LogP) is 6.22. The van der Waals surface area contributed by atoms with E-state index in [1.807, 2.05) is 13.8 Å². The van der Waals surface area contributed by atoms with Crippen molar-refractivity contribution in [1.82, 2.24) is 0 Å². The van der Waals surface area contributed by atoms with Gasteiger partial charge in [-0.05, 0) is 81.1 Å². The summed E-state index contributed by atoms with van der Waals surface area (Å²) in [5, 5.41) is 10.0. The largest absolute Gasteiger partial charge is 0.390 e. The molecule has 0 aromatic heterocycles. The SMILES string of the molecule is C[C@H](CCCC(C)(C)O)[C@H]1CC[C@H]2/C(=C/C=C3\C=CCOC3)CCC[C@]12C. The van der Waals surface area contributed by atoms with Crippen molar-refractivity contribution in [2.24, 2.45) is 23.2 Å². The molecule has 4 atom stereocenters. The van der Waals surface area contributed by atoms with Gasteiger partial charge >= 0.3 is 0 Å². The Morgan fingerprint density at radius 3 is 2.85 bits per heavy atom. The first-order valence-corrected chi connectivity index (χ1v) is 11.2. The minimum Gasteiger partial charge on any atom is -0.390 e. The topological polar surface area (TPSA) is 29.5 Å². The van der Waals surface area contributed by atoms with Crippen molar-refractivity contribution < 1.29 is 9.84 Å². The van der Waals surface area contributed by atoms with Gasteiger partial charge in [0.1, 0.15) is 0 Å². The third kappa shape index (κ3) is 5.15. The van der Waals surface area contributed by atoms with Gasteiger partial charge in [-0.15, -0.1) is 0 Å². The standard InChI is InChI=1S/C25H40O2/c1-19(8-5-15-24(2,3)26)22-13-14-23-21(10-6-16-25(22,23)4)12-11-20-9-7-17-27-18-20/h7,9,11-12,19,22-23,26H,5-6,8,10,13-18H2,1-4H3/b20-11+,21-12+/t19-,22-,23+,25-/m1/s1. The lowest BCUT2D eigenvalue weighted by Gasteiger charge is -2.44. The van der Waals surface area contributed by atoms with E-state index >= 15 is 0 Å². The molecule has 2 saturated carbocycles. The van der Waals surface area contributed by atoms with Gasteiger partial charge in [0.25, 0.3) is 0 Å². The van der Waals surface area contributed by atoms with Crippen LogP contribution in [0.5, 0.6) is 0 Å². The van der Waals surface area contributed by atoms with Crippen molar-refractivity contribution in [2.45, 2.75) is 84.7 Å². The van der Waals surface area contributed by atoms with Crippen molar-refractivity contribution in [3.63, 3.8) is 0 Å². The Hall–Kier alpha value is -0.860. The molecule has 0 amide bonds. The number of hydrogen-bond acceptors (Lipinski definition) is 2. The Bertz CT molecular complexity index is 592. The van der Waals surface area contributed by atoms with Crippen LogP contribution in [0.25, 0.3) is 0 Å². The summed E-state index contributed by atoms with van der Waals surface area (Å²) < 4.78 is 5.54. The summed E-state index contributed by atoms with van der Waals surface area (Å²) >= 11 is 0. The molecule has 3 aliphatic rings. The lowest BCUT2D eigenvalue weighted by atomic mass is 9.60. The van der Waals surface area contributed by atoms with Gasteiger partial charge in [-0.1, -0.05) is 56.6 Å². The van der Waals surface area contributed by atoms with Crippen LogP contribution in [0.3, 0.4) is 0 Å². The van der Waals surface area contributed by atoms with E-state index in [0.717, 1.165) is 43.8 Å². The van der Waals surface area contributed by atoms with E-state index in [1.54, 1.807) is 5.57 Å². The number of ether oxygens (including phenoxy) is 1.